The van der Waals surface area contributed by atoms with E-state index in [-0.39, 0.29) is 12.4 Å². The van der Waals surface area contributed by atoms with Gasteiger partial charge >= 0.3 is 0 Å². The Morgan fingerprint density at radius 3 is 2.90 bits per heavy atom. The summed E-state index contributed by atoms with van der Waals surface area (Å²) >= 11 is 0. The molecule has 2 atom stereocenters. The molecule has 60 valence electrons. The highest BCUT2D eigenvalue weighted by atomic mass is 35.5. The highest BCUT2D eigenvalue weighted by molar-refractivity contribution is 5.85. The Morgan fingerprint density at radius 1 is 1.60 bits per heavy atom. The van der Waals surface area contributed by atoms with Gasteiger partial charge in [-0.25, -0.2) is 0 Å². The quantitative estimate of drug-likeness (QED) is 0.592. The predicted octanol–water partition coefficient (Wildman–Crippen LogP) is 0.543. The molecule has 2 unspecified atom stereocenters. The fourth-order valence-corrected chi connectivity index (χ4v) is 1.88. The maximum absolute atomic E-state index is 8.95. The van der Waals surface area contributed by atoms with Crippen LogP contribution in [0.4, 0.5) is 0 Å². The van der Waals surface area contributed by atoms with Gasteiger partial charge in [0, 0.05) is 11.5 Å². The molecule has 2 aliphatic rings. The summed E-state index contributed by atoms with van der Waals surface area (Å²) in [6.45, 7) is 1.55. The summed E-state index contributed by atoms with van der Waals surface area (Å²) in [7, 11) is 0. The monoisotopic (exact) mass is 163 g/mol. The summed E-state index contributed by atoms with van der Waals surface area (Å²) in [6.07, 6.45) is 3.70. The first-order chi connectivity index (χ1) is 4.37. The van der Waals surface area contributed by atoms with E-state index >= 15 is 0 Å². The van der Waals surface area contributed by atoms with Crippen LogP contribution in [0.5, 0.6) is 0 Å². The van der Waals surface area contributed by atoms with Gasteiger partial charge in [0.1, 0.15) is 0 Å². The van der Waals surface area contributed by atoms with Crippen molar-refractivity contribution in [3.63, 3.8) is 0 Å². The molecule has 1 heterocycles. The van der Waals surface area contributed by atoms with Crippen molar-refractivity contribution in [1.82, 2.24) is 5.32 Å². The van der Waals surface area contributed by atoms with E-state index in [0.717, 1.165) is 6.54 Å². The zero-order valence-corrected chi connectivity index (χ0v) is 6.78. The fourth-order valence-electron chi connectivity index (χ4n) is 1.88. The van der Waals surface area contributed by atoms with Gasteiger partial charge in [-0.05, 0) is 25.8 Å². The largest absolute Gasteiger partial charge is 0.396 e. The molecule has 0 aromatic carbocycles. The first-order valence-electron chi connectivity index (χ1n) is 3.72. The first kappa shape index (κ1) is 8.31. The molecule has 0 radical (unpaired) electrons. The van der Waals surface area contributed by atoms with Gasteiger partial charge in [-0.15, -0.1) is 12.4 Å². The zero-order chi connectivity index (χ0) is 6.32. The lowest BCUT2D eigenvalue weighted by Crippen LogP contribution is -2.31. The van der Waals surface area contributed by atoms with E-state index in [4.69, 9.17) is 5.11 Å². The van der Waals surface area contributed by atoms with Crippen LogP contribution in [0.15, 0.2) is 0 Å². The molecule has 0 aromatic heterocycles. The van der Waals surface area contributed by atoms with Crippen molar-refractivity contribution in [1.29, 1.82) is 0 Å². The minimum atomic E-state index is 0. The van der Waals surface area contributed by atoms with Crippen LogP contribution in [0, 0.1) is 5.41 Å². The van der Waals surface area contributed by atoms with Crippen LogP contribution in [0.3, 0.4) is 0 Å². The molecule has 1 saturated carbocycles. The number of halogens is 1. The van der Waals surface area contributed by atoms with E-state index in [2.05, 4.69) is 5.32 Å². The third kappa shape index (κ3) is 1.04. The number of piperidine rings is 1. The number of aliphatic hydroxyl groups is 1. The summed E-state index contributed by atoms with van der Waals surface area (Å²) in [5.74, 6) is 0. The third-order valence-corrected chi connectivity index (χ3v) is 2.75. The highest BCUT2D eigenvalue weighted by Gasteiger charge is 2.54. The van der Waals surface area contributed by atoms with Gasteiger partial charge in [0.05, 0.1) is 6.61 Å². The molecular weight excluding hydrogens is 150 g/mol. The number of aliphatic hydroxyl groups excluding tert-OH is 1. The number of fused-ring (bicyclic) bond motifs is 1. The molecule has 2 N–H and O–H groups in total. The van der Waals surface area contributed by atoms with Crippen LogP contribution in [0.1, 0.15) is 19.3 Å². The van der Waals surface area contributed by atoms with Gasteiger partial charge < -0.3 is 10.4 Å². The van der Waals surface area contributed by atoms with Crippen molar-refractivity contribution in [2.75, 3.05) is 13.2 Å². The Labute approximate surface area is 67.4 Å². The summed E-state index contributed by atoms with van der Waals surface area (Å²) in [5, 5.41) is 12.3. The Morgan fingerprint density at radius 2 is 2.40 bits per heavy atom. The number of nitrogens with one attached hydrogen (secondary N) is 1. The van der Waals surface area contributed by atoms with Gasteiger partial charge in [-0.3, -0.25) is 0 Å². The Bertz CT molecular complexity index is 131. The minimum Gasteiger partial charge on any atom is -0.396 e. The molecule has 0 amide bonds. The number of hydrogen-bond acceptors (Lipinski definition) is 2. The molecule has 2 rings (SSSR count). The SMILES string of the molecule is Cl.OCC12CCCNC1C2. The van der Waals surface area contributed by atoms with Gasteiger partial charge in [0.2, 0.25) is 0 Å². The standard InChI is InChI=1S/C7H13NO.ClH/c9-5-7-2-1-3-8-6(7)4-7;/h6,8-9H,1-5H2;1H. The van der Waals surface area contributed by atoms with E-state index in [9.17, 15) is 0 Å². The summed E-state index contributed by atoms with van der Waals surface area (Å²) in [6, 6.07) is 0.663. The van der Waals surface area contributed by atoms with Gasteiger partial charge in [-0.1, -0.05) is 0 Å². The first-order valence-corrected chi connectivity index (χ1v) is 3.72. The topological polar surface area (TPSA) is 32.3 Å². The van der Waals surface area contributed by atoms with Crippen LogP contribution < -0.4 is 5.32 Å². The fraction of sp³-hybridized carbons (Fsp3) is 1.00. The van der Waals surface area contributed by atoms with Crippen LogP contribution >= 0.6 is 12.4 Å². The Balaban J connectivity index is 0.000000500. The molecule has 0 spiro atoms. The maximum atomic E-state index is 8.95. The minimum absolute atomic E-state index is 0. The summed E-state index contributed by atoms with van der Waals surface area (Å²) in [4.78, 5) is 0. The molecule has 0 bridgehead atoms. The normalized spacial score (nSPS) is 43.5. The van der Waals surface area contributed by atoms with Crippen molar-refractivity contribution in [2.45, 2.75) is 25.3 Å². The smallest absolute Gasteiger partial charge is 0.0502 e. The van der Waals surface area contributed by atoms with Crippen LogP contribution in [0.2, 0.25) is 0 Å². The Hall–Kier alpha value is 0.210. The van der Waals surface area contributed by atoms with E-state index in [0.29, 0.717) is 18.1 Å². The molecule has 2 fully saturated rings. The van der Waals surface area contributed by atoms with Crippen LogP contribution in [-0.4, -0.2) is 24.3 Å². The number of hydrogen-bond donors (Lipinski definition) is 2. The van der Waals surface area contributed by atoms with Gasteiger partial charge in [0.25, 0.3) is 0 Å². The maximum Gasteiger partial charge on any atom is 0.0502 e. The van der Waals surface area contributed by atoms with E-state index in [1.807, 2.05) is 0 Å². The second-order valence-corrected chi connectivity index (χ2v) is 3.33. The van der Waals surface area contributed by atoms with Crippen molar-refractivity contribution in [3.05, 3.63) is 0 Å². The van der Waals surface area contributed by atoms with Gasteiger partial charge in [-0.2, -0.15) is 0 Å². The van der Waals surface area contributed by atoms with Crippen molar-refractivity contribution in [3.8, 4) is 0 Å². The molecule has 10 heavy (non-hydrogen) atoms. The summed E-state index contributed by atoms with van der Waals surface area (Å²) < 4.78 is 0. The molecule has 2 nitrogen and oxygen atoms in total. The zero-order valence-electron chi connectivity index (χ0n) is 5.97. The van der Waals surface area contributed by atoms with Crippen LogP contribution in [-0.2, 0) is 0 Å². The second kappa shape index (κ2) is 2.68. The van der Waals surface area contributed by atoms with Crippen LogP contribution in [0.25, 0.3) is 0 Å². The molecular formula is C7H14ClNO. The van der Waals surface area contributed by atoms with Crippen molar-refractivity contribution in [2.24, 2.45) is 5.41 Å². The van der Waals surface area contributed by atoms with E-state index < -0.39 is 0 Å². The van der Waals surface area contributed by atoms with E-state index in [1.165, 1.54) is 19.3 Å². The lowest BCUT2D eigenvalue weighted by Gasteiger charge is -2.19. The van der Waals surface area contributed by atoms with E-state index in [1.54, 1.807) is 0 Å². The molecule has 3 heteroatoms. The lowest BCUT2D eigenvalue weighted by molar-refractivity contribution is 0.180. The average molecular weight is 164 g/mol. The molecule has 1 aliphatic heterocycles. The molecule has 0 aromatic rings. The number of rotatable bonds is 1. The van der Waals surface area contributed by atoms with Crippen molar-refractivity contribution < 1.29 is 5.11 Å². The van der Waals surface area contributed by atoms with Crippen molar-refractivity contribution >= 4 is 12.4 Å². The molecule has 1 aliphatic carbocycles. The lowest BCUT2D eigenvalue weighted by atomic mass is 9.98. The third-order valence-electron chi connectivity index (χ3n) is 2.75. The summed E-state index contributed by atoms with van der Waals surface area (Å²) in [5.41, 5.74) is 0.332. The highest BCUT2D eigenvalue weighted by Crippen LogP contribution is 2.51. The second-order valence-electron chi connectivity index (χ2n) is 3.33. The predicted molar refractivity (Wildman–Crippen MR) is 42.4 cm³/mol. The molecule has 1 saturated heterocycles. The average Bonchev–Trinajstić information content (AvgIpc) is 2.62. The van der Waals surface area contributed by atoms with Gasteiger partial charge in [0.15, 0.2) is 0 Å². The Kier molecular flexibility index (Phi) is 2.23.